The van der Waals surface area contributed by atoms with E-state index >= 15 is 0 Å². The summed E-state index contributed by atoms with van der Waals surface area (Å²) in [6.45, 7) is 7.76. The third-order valence-corrected chi connectivity index (χ3v) is 4.27. The van der Waals surface area contributed by atoms with Crippen LogP contribution in [0, 0.1) is 0 Å². The van der Waals surface area contributed by atoms with Crippen LogP contribution in [-0.2, 0) is 9.53 Å². The Morgan fingerprint density at radius 1 is 1.11 bits per heavy atom. The Labute approximate surface area is 164 Å². The molecule has 27 heavy (non-hydrogen) atoms. The fraction of sp³-hybridized carbons (Fsp3) is 0.333. The summed E-state index contributed by atoms with van der Waals surface area (Å²) in [5.41, 5.74) is 1.68. The molecule has 0 aliphatic rings. The van der Waals surface area contributed by atoms with Gasteiger partial charge in [-0.25, -0.2) is 4.79 Å². The maximum absolute atomic E-state index is 12.5. The van der Waals surface area contributed by atoms with Crippen LogP contribution in [-0.4, -0.2) is 24.6 Å². The topological polar surface area (TPSA) is 64.6 Å². The van der Waals surface area contributed by atoms with E-state index in [-0.39, 0.29) is 29.0 Å². The van der Waals surface area contributed by atoms with Crippen molar-refractivity contribution in [1.82, 2.24) is 0 Å². The highest BCUT2D eigenvalue weighted by atomic mass is 35.5. The lowest BCUT2D eigenvalue weighted by Gasteiger charge is -2.19. The quantitative estimate of drug-likeness (QED) is 0.673. The van der Waals surface area contributed by atoms with E-state index in [1.807, 2.05) is 24.3 Å². The van der Waals surface area contributed by atoms with Crippen LogP contribution < -0.4 is 10.1 Å². The third-order valence-electron chi connectivity index (χ3n) is 3.94. The van der Waals surface area contributed by atoms with E-state index in [9.17, 15) is 9.59 Å². The Hall–Kier alpha value is -2.53. The van der Waals surface area contributed by atoms with Crippen LogP contribution in [0.15, 0.2) is 42.5 Å². The highest BCUT2D eigenvalue weighted by Crippen LogP contribution is 2.27. The maximum Gasteiger partial charge on any atom is 0.339 e. The molecule has 0 saturated carbocycles. The number of anilines is 1. The standard InChI is InChI=1S/C21H24ClNO4/c1-5-26-21(25)17-12-15(10-11-18(17)22)23-20(24)14(4)27-19-9-7-6-8-16(19)13(2)3/h6-14H,5H2,1-4H3,(H,23,24). The average molecular weight is 390 g/mol. The molecule has 2 rings (SSSR count). The first-order chi connectivity index (χ1) is 12.8. The second kappa shape index (κ2) is 9.42. The fourth-order valence-corrected chi connectivity index (χ4v) is 2.72. The Morgan fingerprint density at radius 2 is 1.81 bits per heavy atom. The maximum atomic E-state index is 12.5. The number of halogens is 1. The predicted molar refractivity (Wildman–Crippen MR) is 107 cm³/mol. The van der Waals surface area contributed by atoms with Crippen LogP contribution in [0.25, 0.3) is 0 Å². The number of hydrogen-bond donors (Lipinski definition) is 1. The molecule has 1 unspecified atom stereocenters. The molecule has 0 aliphatic carbocycles. The first-order valence-corrected chi connectivity index (χ1v) is 9.24. The molecule has 0 fully saturated rings. The molecule has 0 radical (unpaired) electrons. The van der Waals surface area contributed by atoms with E-state index in [1.165, 1.54) is 6.07 Å². The van der Waals surface area contributed by atoms with Crippen molar-refractivity contribution in [2.24, 2.45) is 0 Å². The molecule has 0 bridgehead atoms. The van der Waals surface area contributed by atoms with E-state index in [4.69, 9.17) is 21.1 Å². The monoisotopic (exact) mass is 389 g/mol. The van der Waals surface area contributed by atoms with Crippen LogP contribution in [0.4, 0.5) is 5.69 Å². The number of esters is 1. The van der Waals surface area contributed by atoms with Crippen molar-refractivity contribution in [3.05, 3.63) is 58.6 Å². The summed E-state index contributed by atoms with van der Waals surface area (Å²) in [5, 5.41) is 3.01. The number of ether oxygens (including phenoxy) is 2. The lowest BCUT2D eigenvalue weighted by atomic mass is 10.0. The molecule has 1 atom stereocenters. The number of benzene rings is 2. The van der Waals surface area contributed by atoms with Gasteiger partial charge < -0.3 is 14.8 Å². The van der Waals surface area contributed by atoms with E-state index in [0.29, 0.717) is 11.4 Å². The van der Waals surface area contributed by atoms with Gasteiger partial charge >= 0.3 is 5.97 Å². The Balaban J connectivity index is 2.11. The smallest absolute Gasteiger partial charge is 0.339 e. The Morgan fingerprint density at radius 3 is 2.48 bits per heavy atom. The van der Waals surface area contributed by atoms with Gasteiger partial charge in [0.2, 0.25) is 0 Å². The number of carbonyl (C=O) groups excluding carboxylic acids is 2. The largest absolute Gasteiger partial charge is 0.481 e. The molecule has 2 aromatic carbocycles. The number of nitrogens with one attached hydrogen (secondary N) is 1. The number of para-hydroxylation sites is 1. The summed E-state index contributed by atoms with van der Waals surface area (Å²) in [6.07, 6.45) is -0.716. The first kappa shape index (κ1) is 20.8. The molecule has 6 heteroatoms. The third kappa shape index (κ3) is 5.47. The van der Waals surface area contributed by atoms with E-state index in [2.05, 4.69) is 19.2 Å². The summed E-state index contributed by atoms with van der Waals surface area (Å²) in [7, 11) is 0. The molecule has 0 aromatic heterocycles. The summed E-state index contributed by atoms with van der Waals surface area (Å²) in [5.74, 6) is 0.0952. The molecule has 5 nitrogen and oxygen atoms in total. The van der Waals surface area contributed by atoms with Crippen LogP contribution in [0.2, 0.25) is 5.02 Å². The van der Waals surface area contributed by atoms with Gasteiger partial charge in [0.15, 0.2) is 6.10 Å². The molecule has 1 N–H and O–H groups in total. The molecule has 1 amide bonds. The second-order valence-electron chi connectivity index (χ2n) is 6.36. The lowest BCUT2D eigenvalue weighted by Crippen LogP contribution is -2.30. The lowest BCUT2D eigenvalue weighted by molar-refractivity contribution is -0.122. The molecule has 144 valence electrons. The predicted octanol–water partition coefficient (Wildman–Crippen LogP) is 5.05. The van der Waals surface area contributed by atoms with Crippen molar-refractivity contribution in [3.63, 3.8) is 0 Å². The SMILES string of the molecule is CCOC(=O)c1cc(NC(=O)C(C)Oc2ccccc2C(C)C)ccc1Cl. The summed E-state index contributed by atoms with van der Waals surface area (Å²) >= 11 is 6.04. The Kier molecular flexibility index (Phi) is 7.25. The van der Waals surface area contributed by atoms with Crippen molar-refractivity contribution in [1.29, 1.82) is 0 Å². The minimum Gasteiger partial charge on any atom is -0.481 e. The zero-order valence-electron chi connectivity index (χ0n) is 15.9. The van der Waals surface area contributed by atoms with E-state index < -0.39 is 12.1 Å². The second-order valence-corrected chi connectivity index (χ2v) is 6.76. The highest BCUT2D eigenvalue weighted by molar-refractivity contribution is 6.33. The van der Waals surface area contributed by atoms with Crippen molar-refractivity contribution in [2.45, 2.75) is 39.7 Å². The molecule has 0 saturated heterocycles. The van der Waals surface area contributed by atoms with Gasteiger partial charge in [-0.15, -0.1) is 0 Å². The van der Waals surface area contributed by atoms with Crippen molar-refractivity contribution >= 4 is 29.2 Å². The summed E-state index contributed by atoms with van der Waals surface area (Å²) in [6, 6.07) is 12.3. The summed E-state index contributed by atoms with van der Waals surface area (Å²) < 4.78 is 10.8. The first-order valence-electron chi connectivity index (χ1n) is 8.86. The zero-order chi connectivity index (χ0) is 20.0. The van der Waals surface area contributed by atoms with Crippen molar-refractivity contribution in [3.8, 4) is 5.75 Å². The van der Waals surface area contributed by atoms with Gasteiger partial charge in [0.1, 0.15) is 5.75 Å². The number of rotatable bonds is 7. The van der Waals surface area contributed by atoms with Gasteiger partial charge in [-0.2, -0.15) is 0 Å². The fourth-order valence-electron chi connectivity index (χ4n) is 2.52. The molecular weight excluding hydrogens is 366 g/mol. The van der Waals surface area contributed by atoms with Gasteiger partial charge in [-0.1, -0.05) is 43.6 Å². The van der Waals surface area contributed by atoms with Gasteiger partial charge in [0.25, 0.3) is 5.91 Å². The van der Waals surface area contributed by atoms with E-state index in [0.717, 1.165) is 5.56 Å². The number of carbonyl (C=O) groups is 2. The molecule has 0 heterocycles. The van der Waals surface area contributed by atoms with E-state index in [1.54, 1.807) is 26.0 Å². The number of amides is 1. The van der Waals surface area contributed by atoms with Gasteiger partial charge in [0, 0.05) is 5.69 Å². The highest BCUT2D eigenvalue weighted by Gasteiger charge is 2.19. The minimum absolute atomic E-state index is 0.204. The van der Waals surface area contributed by atoms with Crippen molar-refractivity contribution in [2.75, 3.05) is 11.9 Å². The van der Waals surface area contributed by atoms with Gasteiger partial charge in [0.05, 0.1) is 17.2 Å². The normalized spacial score (nSPS) is 11.8. The molecule has 0 aliphatic heterocycles. The molecular formula is C21H24ClNO4. The summed E-state index contributed by atoms with van der Waals surface area (Å²) in [4.78, 5) is 24.4. The molecule has 0 spiro atoms. The molecule has 2 aromatic rings. The van der Waals surface area contributed by atoms with Crippen LogP contribution in [0.1, 0.15) is 49.5 Å². The van der Waals surface area contributed by atoms with Crippen LogP contribution in [0.5, 0.6) is 5.75 Å². The van der Waals surface area contributed by atoms with Gasteiger partial charge in [-0.3, -0.25) is 4.79 Å². The Bertz CT molecular complexity index is 820. The van der Waals surface area contributed by atoms with Crippen molar-refractivity contribution < 1.29 is 19.1 Å². The average Bonchev–Trinajstić information content (AvgIpc) is 2.63. The minimum atomic E-state index is -0.716. The zero-order valence-corrected chi connectivity index (χ0v) is 16.7. The van der Waals surface area contributed by atoms with Crippen LogP contribution in [0.3, 0.4) is 0 Å². The van der Waals surface area contributed by atoms with Crippen LogP contribution >= 0.6 is 11.6 Å². The van der Waals surface area contributed by atoms with Gasteiger partial charge in [-0.05, 0) is 49.6 Å². The number of hydrogen-bond acceptors (Lipinski definition) is 4.